The lowest BCUT2D eigenvalue weighted by Crippen LogP contribution is -2.44. The Morgan fingerprint density at radius 2 is 1.94 bits per heavy atom. The predicted molar refractivity (Wildman–Crippen MR) is 109 cm³/mol. The Morgan fingerprint density at radius 1 is 1.21 bits per heavy atom. The lowest BCUT2D eigenvalue weighted by atomic mass is 10.0. The van der Waals surface area contributed by atoms with E-state index in [2.05, 4.69) is 18.5 Å². The molecule has 1 aliphatic heterocycles. The van der Waals surface area contributed by atoms with Crippen molar-refractivity contribution in [2.45, 2.75) is 24.7 Å². The number of morpholine rings is 1. The van der Waals surface area contributed by atoms with Crippen molar-refractivity contribution in [3.63, 3.8) is 0 Å². The van der Waals surface area contributed by atoms with Gasteiger partial charge in [-0.1, -0.05) is 6.07 Å². The van der Waals surface area contributed by atoms with Crippen LogP contribution in [0.4, 0.5) is 32.2 Å². The van der Waals surface area contributed by atoms with E-state index < -0.39 is 38.9 Å². The molecule has 3 aromatic rings. The van der Waals surface area contributed by atoms with Crippen LogP contribution in [0.25, 0.3) is 21.3 Å². The zero-order valence-corrected chi connectivity index (χ0v) is 18.6. The fourth-order valence-corrected chi connectivity index (χ4v) is 4.61. The number of alkyl halides is 6. The van der Waals surface area contributed by atoms with Crippen LogP contribution in [0.3, 0.4) is 0 Å². The van der Waals surface area contributed by atoms with E-state index >= 15 is 0 Å². The molecular weight excluding hydrogens is 514 g/mol. The molecule has 0 saturated carbocycles. The van der Waals surface area contributed by atoms with Crippen LogP contribution in [0.2, 0.25) is 0 Å². The first-order chi connectivity index (χ1) is 15.8. The van der Waals surface area contributed by atoms with Gasteiger partial charge in [-0.25, -0.2) is 4.98 Å². The monoisotopic (exact) mass is 528 g/mol. The van der Waals surface area contributed by atoms with Crippen molar-refractivity contribution >= 4 is 37.7 Å². The summed E-state index contributed by atoms with van der Waals surface area (Å²) in [6.45, 7) is 2.58. The second-order valence-electron chi connectivity index (χ2n) is 7.19. The average molecular weight is 528 g/mol. The summed E-state index contributed by atoms with van der Waals surface area (Å²) in [6, 6.07) is 3.46. The maximum atomic E-state index is 13.7. The Hall–Kier alpha value is -2.72. The predicted octanol–water partition coefficient (Wildman–Crippen LogP) is 4.23. The maximum absolute atomic E-state index is 13.7. The minimum atomic E-state index is -6.09. The summed E-state index contributed by atoms with van der Waals surface area (Å²) in [7, 11) is -6.09. The van der Waals surface area contributed by atoms with Gasteiger partial charge in [0.25, 0.3) is 5.88 Å². The van der Waals surface area contributed by atoms with Gasteiger partial charge in [0.1, 0.15) is 11.3 Å². The van der Waals surface area contributed by atoms with E-state index in [1.165, 1.54) is 12.1 Å². The van der Waals surface area contributed by atoms with E-state index in [-0.39, 0.29) is 47.4 Å². The molecule has 0 radical (unpaired) electrons. The fraction of sp³-hybridized carbons (Fsp3) is 0.389. The van der Waals surface area contributed by atoms with E-state index in [4.69, 9.17) is 4.74 Å². The Labute approximate surface area is 192 Å². The second-order valence-corrected chi connectivity index (χ2v) is 9.50. The van der Waals surface area contributed by atoms with Gasteiger partial charge in [-0.3, -0.25) is 4.98 Å². The van der Waals surface area contributed by atoms with Crippen molar-refractivity contribution in [1.29, 1.82) is 0 Å². The van der Waals surface area contributed by atoms with Crippen LogP contribution >= 0.6 is 11.5 Å². The Bertz CT molecular complexity index is 1330. The number of nitrogens with zero attached hydrogens (tertiary/aromatic N) is 4. The van der Waals surface area contributed by atoms with E-state index in [0.29, 0.717) is 11.5 Å². The van der Waals surface area contributed by atoms with Crippen LogP contribution in [-0.2, 0) is 21.0 Å². The van der Waals surface area contributed by atoms with Gasteiger partial charge < -0.3 is 13.8 Å². The van der Waals surface area contributed by atoms with Crippen LogP contribution in [0, 0.1) is 0 Å². The van der Waals surface area contributed by atoms with Gasteiger partial charge in [0.15, 0.2) is 5.69 Å². The highest BCUT2D eigenvalue weighted by atomic mass is 32.2. The number of aromatic nitrogens is 3. The van der Waals surface area contributed by atoms with Gasteiger partial charge in [-0.2, -0.15) is 39.1 Å². The van der Waals surface area contributed by atoms with Crippen LogP contribution < -0.4 is 9.08 Å². The summed E-state index contributed by atoms with van der Waals surface area (Å²) >= 11 is 0.455. The van der Waals surface area contributed by atoms with Gasteiger partial charge in [-0.05, 0) is 30.6 Å². The topological polar surface area (TPSA) is 94.5 Å². The molecule has 1 aliphatic rings. The molecule has 1 saturated heterocycles. The summed E-state index contributed by atoms with van der Waals surface area (Å²) in [5.74, 6) is -0.900. The molecule has 0 N–H and O–H groups in total. The molecule has 34 heavy (non-hydrogen) atoms. The van der Waals surface area contributed by atoms with Gasteiger partial charge >= 0.3 is 21.8 Å². The molecule has 4 rings (SSSR count). The zero-order valence-electron chi connectivity index (χ0n) is 17.0. The number of hydrogen-bond acceptors (Lipinski definition) is 9. The molecule has 184 valence electrons. The third kappa shape index (κ3) is 4.48. The molecule has 1 atom stereocenters. The molecule has 0 bridgehead atoms. The quantitative estimate of drug-likeness (QED) is 0.282. The lowest BCUT2D eigenvalue weighted by Gasteiger charge is -2.34. The molecular formula is C18H14F6N4O4S2. The normalized spacial score (nSPS) is 17.9. The largest absolute Gasteiger partial charge is 0.534 e. The molecule has 0 spiro atoms. The third-order valence-electron chi connectivity index (χ3n) is 4.88. The van der Waals surface area contributed by atoms with Gasteiger partial charge in [0.05, 0.1) is 24.0 Å². The lowest BCUT2D eigenvalue weighted by molar-refractivity contribution is -0.140. The minimum absolute atomic E-state index is 0.0872. The van der Waals surface area contributed by atoms with E-state index in [0.717, 1.165) is 12.3 Å². The number of halogens is 6. The van der Waals surface area contributed by atoms with E-state index in [9.17, 15) is 34.8 Å². The second kappa shape index (κ2) is 8.49. The maximum Gasteiger partial charge on any atom is 0.534 e. The highest BCUT2D eigenvalue weighted by molar-refractivity contribution is 7.88. The van der Waals surface area contributed by atoms with Crippen molar-refractivity contribution < 1.29 is 43.7 Å². The van der Waals surface area contributed by atoms with Crippen molar-refractivity contribution in [2.24, 2.45) is 0 Å². The smallest absolute Gasteiger partial charge is 0.377 e. The number of rotatable bonds is 4. The molecule has 16 heteroatoms. The highest BCUT2D eigenvalue weighted by Gasteiger charge is 2.49. The van der Waals surface area contributed by atoms with Gasteiger partial charge in [0.2, 0.25) is 0 Å². The first kappa shape index (κ1) is 24.4. The molecule has 0 aromatic carbocycles. The summed E-state index contributed by atoms with van der Waals surface area (Å²) < 4.78 is 116. The van der Waals surface area contributed by atoms with Crippen molar-refractivity contribution in [2.75, 3.05) is 24.7 Å². The number of ether oxygens (including phenoxy) is 1. The van der Waals surface area contributed by atoms with Crippen molar-refractivity contribution in [3.05, 3.63) is 30.1 Å². The summed E-state index contributed by atoms with van der Waals surface area (Å²) in [4.78, 5) is 9.31. The first-order valence-electron chi connectivity index (χ1n) is 9.48. The number of pyridine rings is 2. The summed E-state index contributed by atoms with van der Waals surface area (Å²) in [5.41, 5.74) is -7.87. The Balaban J connectivity index is 1.97. The van der Waals surface area contributed by atoms with Crippen LogP contribution in [0.15, 0.2) is 24.4 Å². The number of hydrogen-bond donors (Lipinski definition) is 0. The number of fused-ring (bicyclic) bond motifs is 1. The first-order valence-corrected chi connectivity index (χ1v) is 11.7. The van der Waals surface area contributed by atoms with Gasteiger partial charge in [0, 0.05) is 23.9 Å². The van der Waals surface area contributed by atoms with Crippen molar-refractivity contribution in [3.8, 4) is 17.0 Å². The SMILES string of the molecule is C[C@@H]1COCCN1c1cc(-c2cccnc2C(F)(F)F)c2snc(OS(=O)(=O)C(F)(F)F)c2n1. The highest BCUT2D eigenvalue weighted by Crippen LogP contribution is 2.43. The molecule has 4 heterocycles. The average Bonchev–Trinajstić information content (AvgIpc) is 3.14. The molecule has 0 amide bonds. The standard InChI is InChI=1S/C18H14F6N4O4S2/c1-9-8-31-6-5-28(9)12-7-11(10-3-2-4-25-15(10)17(19,20)21)14-13(26-12)16(27-33-14)32-34(29,30)18(22,23)24/h2-4,7,9H,5-6,8H2,1H3/t9-/m1/s1. The van der Waals surface area contributed by atoms with Crippen LogP contribution in [-0.4, -0.2) is 54.1 Å². The van der Waals surface area contributed by atoms with Gasteiger partial charge in [-0.15, -0.1) is 0 Å². The Morgan fingerprint density at radius 3 is 2.59 bits per heavy atom. The zero-order chi connectivity index (χ0) is 24.9. The molecule has 3 aromatic heterocycles. The summed E-state index contributed by atoms with van der Waals surface area (Å²) in [5, 5.41) is 0. The molecule has 8 nitrogen and oxygen atoms in total. The van der Waals surface area contributed by atoms with Crippen LogP contribution in [0.5, 0.6) is 5.88 Å². The molecule has 0 aliphatic carbocycles. The molecule has 0 unspecified atom stereocenters. The molecule has 1 fully saturated rings. The van der Waals surface area contributed by atoms with E-state index in [1.54, 1.807) is 11.8 Å². The fourth-order valence-electron chi connectivity index (χ4n) is 3.36. The van der Waals surface area contributed by atoms with Crippen molar-refractivity contribution in [1.82, 2.24) is 14.3 Å². The third-order valence-corrected chi connectivity index (χ3v) is 6.68. The van der Waals surface area contributed by atoms with E-state index in [1.807, 2.05) is 0 Å². The summed E-state index contributed by atoms with van der Waals surface area (Å²) in [6.07, 6.45) is -3.89. The Kier molecular flexibility index (Phi) is 6.10. The minimum Gasteiger partial charge on any atom is -0.377 e. The van der Waals surface area contributed by atoms with Crippen LogP contribution in [0.1, 0.15) is 12.6 Å². The number of anilines is 1.